The number of aromatic nitrogens is 1. The number of anilines is 1. The second-order valence-corrected chi connectivity index (χ2v) is 7.27. The summed E-state index contributed by atoms with van der Waals surface area (Å²) in [5.74, 6) is -1.58. The zero-order valence-corrected chi connectivity index (χ0v) is 16.1. The van der Waals surface area contributed by atoms with Gasteiger partial charge >= 0.3 is 5.97 Å². The lowest BCUT2D eigenvalue weighted by atomic mass is 9.98. The van der Waals surface area contributed by atoms with E-state index in [2.05, 4.69) is 4.98 Å². The molecule has 1 aliphatic rings. The molecule has 0 radical (unpaired) electrons. The van der Waals surface area contributed by atoms with Crippen molar-refractivity contribution < 1.29 is 19.0 Å². The largest absolute Gasteiger partial charge is 0.478 e. The van der Waals surface area contributed by atoms with E-state index in [0.29, 0.717) is 58.5 Å². The minimum Gasteiger partial charge on any atom is -0.478 e. The Kier molecular flexibility index (Phi) is 5.10. The average Bonchev–Trinajstić information content (AvgIpc) is 2.66. The van der Waals surface area contributed by atoms with Crippen molar-refractivity contribution in [3.8, 4) is 11.1 Å². The molecule has 0 aliphatic carbocycles. The molecule has 3 aromatic rings. The number of carbonyl (C=O) groups is 1. The fraction of sp³-hybridized carbons (Fsp3) is 0.200. The number of nitrogens with zero attached hydrogens (tertiary/aromatic N) is 2. The maximum Gasteiger partial charge on any atom is 0.339 e. The van der Waals surface area contributed by atoms with Gasteiger partial charge in [0.05, 0.1) is 24.4 Å². The standard InChI is InChI=1S/C20H15Cl2FN2O3/c21-12-7-11(8-13(22)9-12)17-16(23)2-1-14-18(17)24-10-15(20(26)27)19(14)25-3-5-28-6-4-25/h1-2,7-10H,3-6H2,(H,26,27). The second-order valence-electron chi connectivity index (χ2n) is 6.40. The van der Waals surface area contributed by atoms with Crippen molar-refractivity contribution >= 4 is 45.8 Å². The highest BCUT2D eigenvalue weighted by Crippen LogP contribution is 2.38. The van der Waals surface area contributed by atoms with Crippen molar-refractivity contribution in [1.29, 1.82) is 0 Å². The smallest absolute Gasteiger partial charge is 0.339 e. The number of carboxylic acid groups (broad SMARTS) is 1. The van der Waals surface area contributed by atoms with Crippen molar-refractivity contribution in [2.45, 2.75) is 0 Å². The van der Waals surface area contributed by atoms with Crippen LogP contribution in [-0.2, 0) is 4.74 Å². The minimum absolute atomic E-state index is 0.0658. The van der Waals surface area contributed by atoms with E-state index in [-0.39, 0.29) is 11.1 Å². The Hall–Kier alpha value is -2.41. The first-order valence-corrected chi connectivity index (χ1v) is 9.35. The summed E-state index contributed by atoms with van der Waals surface area (Å²) < 4.78 is 20.2. The molecule has 1 fully saturated rings. The van der Waals surface area contributed by atoms with Gasteiger partial charge in [0.25, 0.3) is 0 Å². The number of halogens is 3. The Labute approximate surface area is 170 Å². The monoisotopic (exact) mass is 420 g/mol. The molecular formula is C20H15Cl2FN2O3. The van der Waals surface area contributed by atoms with Crippen LogP contribution < -0.4 is 4.90 Å². The molecule has 0 saturated carbocycles. The van der Waals surface area contributed by atoms with Crippen molar-refractivity contribution in [3.63, 3.8) is 0 Å². The lowest BCUT2D eigenvalue weighted by molar-refractivity contribution is 0.0696. The third-order valence-electron chi connectivity index (χ3n) is 4.67. The molecule has 0 unspecified atom stereocenters. The Morgan fingerprint density at radius 3 is 2.46 bits per heavy atom. The highest BCUT2D eigenvalue weighted by atomic mass is 35.5. The number of pyridine rings is 1. The second kappa shape index (κ2) is 7.54. The molecule has 0 amide bonds. The molecule has 1 aliphatic heterocycles. The van der Waals surface area contributed by atoms with Crippen LogP contribution in [0, 0.1) is 5.82 Å². The summed E-state index contributed by atoms with van der Waals surface area (Å²) in [5, 5.41) is 11.0. The van der Waals surface area contributed by atoms with E-state index in [9.17, 15) is 14.3 Å². The van der Waals surface area contributed by atoms with Gasteiger partial charge in [-0.1, -0.05) is 23.2 Å². The highest BCUT2D eigenvalue weighted by Gasteiger charge is 2.24. The molecule has 144 valence electrons. The van der Waals surface area contributed by atoms with Crippen LogP contribution >= 0.6 is 23.2 Å². The SMILES string of the molecule is O=C(O)c1cnc2c(-c3cc(Cl)cc(Cl)c3)c(F)ccc2c1N1CCOCC1. The number of rotatable bonds is 3. The molecule has 0 spiro atoms. The number of hydrogen-bond acceptors (Lipinski definition) is 4. The van der Waals surface area contributed by atoms with E-state index in [1.54, 1.807) is 24.3 Å². The normalized spacial score (nSPS) is 14.5. The molecule has 1 saturated heterocycles. The van der Waals surface area contributed by atoms with Gasteiger partial charge in [-0.25, -0.2) is 9.18 Å². The summed E-state index contributed by atoms with van der Waals surface area (Å²) >= 11 is 12.2. The van der Waals surface area contributed by atoms with E-state index < -0.39 is 11.8 Å². The minimum atomic E-state index is -1.09. The number of carboxylic acids is 1. The number of fused-ring (bicyclic) bond motifs is 1. The lowest BCUT2D eigenvalue weighted by Crippen LogP contribution is -2.37. The first kappa shape index (κ1) is 18.9. The Morgan fingerprint density at radius 2 is 1.82 bits per heavy atom. The molecule has 1 N–H and O–H groups in total. The third kappa shape index (κ3) is 3.39. The number of ether oxygens (including phenoxy) is 1. The Bertz CT molecular complexity index is 1060. The topological polar surface area (TPSA) is 62.7 Å². The molecule has 5 nitrogen and oxygen atoms in total. The van der Waals surface area contributed by atoms with Crippen molar-refractivity contribution in [1.82, 2.24) is 4.98 Å². The van der Waals surface area contributed by atoms with Gasteiger partial charge in [0.1, 0.15) is 11.4 Å². The molecule has 2 heterocycles. The molecule has 1 aromatic heterocycles. The summed E-state index contributed by atoms with van der Waals surface area (Å²) in [4.78, 5) is 18.0. The fourth-order valence-electron chi connectivity index (χ4n) is 3.48. The van der Waals surface area contributed by atoms with Crippen LogP contribution in [0.1, 0.15) is 10.4 Å². The van der Waals surface area contributed by atoms with Gasteiger partial charge in [0.2, 0.25) is 0 Å². The van der Waals surface area contributed by atoms with E-state index >= 15 is 0 Å². The molecule has 4 rings (SSSR count). The van der Waals surface area contributed by atoms with E-state index in [1.807, 2.05) is 4.90 Å². The summed E-state index contributed by atoms with van der Waals surface area (Å²) in [5.41, 5.74) is 1.63. The van der Waals surface area contributed by atoms with Gasteiger partial charge in [-0.3, -0.25) is 4.98 Å². The lowest BCUT2D eigenvalue weighted by Gasteiger charge is -2.31. The molecule has 8 heteroatoms. The van der Waals surface area contributed by atoms with Gasteiger partial charge in [-0.05, 0) is 35.9 Å². The van der Waals surface area contributed by atoms with Gasteiger partial charge in [0.15, 0.2) is 0 Å². The van der Waals surface area contributed by atoms with E-state index in [1.165, 1.54) is 12.3 Å². The summed E-state index contributed by atoms with van der Waals surface area (Å²) in [6.45, 7) is 2.05. The van der Waals surface area contributed by atoms with E-state index in [0.717, 1.165) is 0 Å². The quantitative estimate of drug-likeness (QED) is 0.653. The van der Waals surface area contributed by atoms with Crippen molar-refractivity contribution in [2.75, 3.05) is 31.2 Å². The van der Waals surface area contributed by atoms with Crippen LogP contribution in [0.3, 0.4) is 0 Å². The number of hydrogen-bond donors (Lipinski definition) is 1. The maximum absolute atomic E-state index is 14.8. The summed E-state index contributed by atoms with van der Waals surface area (Å²) in [7, 11) is 0. The highest BCUT2D eigenvalue weighted by molar-refractivity contribution is 6.35. The van der Waals surface area contributed by atoms with Crippen LogP contribution in [0.2, 0.25) is 10.0 Å². The molecular weight excluding hydrogens is 406 g/mol. The molecule has 2 aromatic carbocycles. The predicted octanol–water partition coefficient (Wildman–Crippen LogP) is 4.88. The van der Waals surface area contributed by atoms with Crippen LogP contribution in [0.4, 0.5) is 10.1 Å². The molecule has 28 heavy (non-hydrogen) atoms. The van der Waals surface area contributed by atoms with Crippen molar-refractivity contribution in [3.05, 3.63) is 58.0 Å². The van der Waals surface area contributed by atoms with Crippen LogP contribution in [0.15, 0.2) is 36.5 Å². The Balaban J connectivity index is 2.02. The third-order valence-corrected chi connectivity index (χ3v) is 5.11. The molecule has 0 atom stereocenters. The van der Waals surface area contributed by atoms with Gasteiger partial charge in [-0.2, -0.15) is 0 Å². The van der Waals surface area contributed by atoms with Crippen LogP contribution in [0.5, 0.6) is 0 Å². The zero-order valence-electron chi connectivity index (χ0n) is 14.6. The van der Waals surface area contributed by atoms with Crippen LogP contribution in [0.25, 0.3) is 22.0 Å². The molecule has 0 bridgehead atoms. The number of benzene rings is 2. The maximum atomic E-state index is 14.8. The van der Waals surface area contributed by atoms with Gasteiger partial charge in [0, 0.05) is 40.3 Å². The summed E-state index contributed by atoms with van der Waals surface area (Å²) in [6, 6.07) is 7.64. The first-order chi connectivity index (χ1) is 13.5. The first-order valence-electron chi connectivity index (χ1n) is 8.59. The fourth-order valence-corrected chi connectivity index (χ4v) is 4.01. The zero-order chi connectivity index (χ0) is 19.8. The van der Waals surface area contributed by atoms with E-state index in [4.69, 9.17) is 27.9 Å². The predicted molar refractivity (Wildman–Crippen MR) is 107 cm³/mol. The van der Waals surface area contributed by atoms with Gasteiger partial charge < -0.3 is 14.7 Å². The number of morpholine rings is 1. The van der Waals surface area contributed by atoms with Crippen LogP contribution in [-0.4, -0.2) is 42.4 Å². The van der Waals surface area contributed by atoms with Gasteiger partial charge in [-0.15, -0.1) is 0 Å². The average molecular weight is 421 g/mol. The Morgan fingerprint density at radius 1 is 1.14 bits per heavy atom. The van der Waals surface area contributed by atoms with Crippen molar-refractivity contribution in [2.24, 2.45) is 0 Å². The number of aromatic carboxylic acids is 1. The summed E-state index contributed by atoms with van der Waals surface area (Å²) in [6.07, 6.45) is 1.27.